The van der Waals surface area contributed by atoms with E-state index in [0.29, 0.717) is 31.2 Å². The normalized spacial score (nSPS) is 12.4. The molecule has 0 saturated carbocycles. The number of para-hydroxylation sites is 1. The number of amides is 1. The Morgan fingerprint density at radius 2 is 1.43 bits per heavy atom. The van der Waals surface area contributed by atoms with Gasteiger partial charge in [0.05, 0.1) is 6.04 Å². The topological polar surface area (TPSA) is 91.2 Å². The summed E-state index contributed by atoms with van der Waals surface area (Å²) < 4.78 is 0. The Labute approximate surface area is 213 Å². The van der Waals surface area contributed by atoms with E-state index in [2.05, 4.69) is 33.4 Å². The first-order chi connectivity index (χ1) is 17.1. The van der Waals surface area contributed by atoms with Gasteiger partial charge in [0.25, 0.3) is 0 Å². The maximum Gasteiger partial charge on any atom is 0.237 e. The monoisotopic (exact) mass is 489 g/mol. The summed E-state index contributed by atoms with van der Waals surface area (Å²) in [7, 11) is 0. The molecular weight excluding hydrogens is 454 g/mol. The fourth-order valence-corrected chi connectivity index (χ4v) is 4.01. The first-order valence-electron chi connectivity index (χ1n) is 12.1. The Kier molecular flexibility index (Phi) is 11.2. The molecule has 3 aromatic rings. The molecule has 0 spiro atoms. The Bertz CT molecular complexity index is 1020. The van der Waals surface area contributed by atoms with Gasteiger partial charge in [-0.1, -0.05) is 78.9 Å². The molecule has 0 aliphatic carbocycles. The molecule has 184 valence electrons. The van der Waals surface area contributed by atoms with E-state index in [9.17, 15) is 4.79 Å². The minimum Gasteiger partial charge on any atom is -0.361 e. The Hall–Kier alpha value is -3.26. The largest absolute Gasteiger partial charge is 0.361 e. The van der Waals surface area contributed by atoms with Crippen LogP contribution in [0, 0.1) is 0 Å². The molecule has 35 heavy (non-hydrogen) atoms. The van der Waals surface area contributed by atoms with Crippen LogP contribution in [0.15, 0.2) is 91.0 Å². The summed E-state index contributed by atoms with van der Waals surface area (Å²) in [6, 6.07) is 29.6. The third-order valence-electron chi connectivity index (χ3n) is 5.63. The van der Waals surface area contributed by atoms with E-state index in [1.54, 1.807) is 0 Å². The van der Waals surface area contributed by atoms with Crippen LogP contribution in [0.2, 0.25) is 0 Å². The molecule has 3 aromatic carbocycles. The zero-order valence-corrected chi connectivity index (χ0v) is 20.8. The molecule has 0 radical (unpaired) electrons. The van der Waals surface area contributed by atoms with Crippen LogP contribution < -0.4 is 27.0 Å². The highest BCUT2D eigenvalue weighted by Gasteiger charge is 2.22. The molecule has 0 saturated heterocycles. The van der Waals surface area contributed by atoms with Gasteiger partial charge >= 0.3 is 0 Å². The smallest absolute Gasteiger partial charge is 0.237 e. The quantitative estimate of drug-likeness (QED) is 0.236. The molecule has 0 aliphatic rings. The number of nitrogens with one attached hydrogen (secondary N) is 4. The second kappa shape index (κ2) is 14.9. The fraction of sp³-hybridized carbons (Fsp3) is 0.286. The minimum atomic E-state index is -0.353. The first-order valence-corrected chi connectivity index (χ1v) is 12.5. The Morgan fingerprint density at radius 3 is 2.06 bits per heavy atom. The number of carbonyl (C=O) groups is 1. The average molecular weight is 490 g/mol. The molecule has 7 heteroatoms. The lowest BCUT2D eigenvalue weighted by Crippen LogP contribution is -2.52. The van der Waals surface area contributed by atoms with E-state index >= 15 is 0 Å². The van der Waals surface area contributed by atoms with Crippen molar-refractivity contribution in [1.29, 1.82) is 0 Å². The van der Waals surface area contributed by atoms with Gasteiger partial charge in [-0.2, -0.15) is 0 Å². The zero-order valence-electron chi connectivity index (χ0n) is 20.0. The molecule has 1 amide bonds. The number of carbonyl (C=O) groups excluding carboxylic acids is 1. The van der Waals surface area contributed by atoms with Gasteiger partial charge < -0.3 is 27.0 Å². The molecule has 0 aromatic heterocycles. The lowest BCUT2D eigenvalue weighted by Gasteiger charge is -2.26. The number of nitrogens with two attached hydrogens (primary N) is 1. The average Bonchev–Trinajstić information content (AvgIpc) is 2.90. The standard InChI is InChI=1S/C28H35N5OS/c29-18-10-17-26(27(34)30-20-23-13-6-2-7-14-23)32-25(19-22-11-4-1-5-12-22)21-31-28(35)33-24-15-8-3-9-16-24/h1-9,11-16,25-26,32H,10,17-21,29H2,(H,30,34)(H2,31,33,35)/t25-,26-/m0/s1. The van der Waals surface area contributed by atoms with E-state index < -0.39 is 0 Å². The van der Waals surface area contributed by atoms with E-state index in [0.717, 1.165) is 24.1 Å². The lowest BCUT2D eigenvalue weighted by atomic mass is 10.0. The van der Waals surface area contributed by atoms with Crippen molar-refractivity contribution in [2.45, 2.75) is 37.9 Å². The summed E-state index contributed by atoms with van der Waals surface area (Å²) >= 11 is 5.50. The summed E-state index contributed by atoms with van der Waals surface area (Å²) in [6.45, 7) is 1.60. The van der Waals surface area contributed by atoms with Gasteiger partial charge in [0, 0.05) is 24.8 Å². The molecular formula is C28H35N5OS. The van der Waals surface area contributed by atoms with E-state index in [1.807, 2.05) is 78.9 Å². The van der Waals surface area contributed by atoms with E-state index in [1.165, 1.54) is 5.56 Å². The number of anilines is 1. The number of benzene rings is 3. The van der Waals surface area contributed by atoms with Crippen molar-refractivity contribution < 1.29 is 4.79 Å². The van der Waals surface area contributed by atoms with Crippen LogP contribution >= 0.6 is 12.2 Å². The molecule has 3 rings (SSSR count). The SMILES string of the molecule is NCCC[C@H](N[C@H](CNC(=S)Nc1ccccc1)Cc1ccccc1)C(=O)NCc1ccccc1. The van der Waals surface area contributed by atoms with Crippen LogP contribution in [0.5, 0.6) is 0 Å². The highest BCUT2D eigenvalue weighted by atomic mass is 32.1. The highest BCUT2D eigenvalue weighted by molar-refractivity contribution is 7.80. The van der Waals surface area contributed by atoms with Gasteiger partial charge in [-0.05, 0) is 61.3 Å². The van der Waals surface area contributed by atoms with Crippen molar-refractivity contribution in [3.63, 3.8) is 0 Å². The van der Waals surface area contributed by atoms with Crippen LogP contribution in [-0.2, 0) is 17.8 Å². The molecule has 0 unspecified atom stereocenters. The van der Waals surface area contributed by atoms with Crippen LogP contribution in [0.4, 0.5) is 5.69 Å². The molecule has 0 heterocycles. The third kappa shape index (κ3) is 9.86. The number of hydrogen-bond donors (Lipinski definition) is 5. The van der Waals surface area contributed by atoms with Crippen molar-refractivity contribution in [3.05, 3.63) is 102 Å². The second-order valence-corrected chi connectivity index (χ2v) is 8.85. The summed E-state index contributed by atoms with van der Waals surface area (Å²) in [5.74, 6) is -0.0228. The van der Waals surface area contributed by atoms with Gasteiger partial charge in [0.15, 0.2) is 5.11 Å². The number of hydrogen-bond acceptors (Lipinski definition) is 4. The predicted octanol–water partition coefficient (Wildman–Crippen LogP) is 3.60. The Balaban J connectivity index is 1.64. The maximum absolute atomic E-state index is 13.1. The predicted molar refractivity (Wildman–Crippen MR) is 148 cm³/mol. The molecule has 0 fully saturated rings. The van der Waals surface area contributed by atoms with Crippen LogP contribution in [0.25, 0.3) is 0 Å². The summed E-state index contributed by atoms with van der Waals surface area (Å²) in [5, 5.41) is 13.7. The van der Waals surface area contributed by atoms with Crippen LogP contribution in [-0.4, -0.2) is 36.2 Å². The van der Waals surface area contributed by atoms with Gasteiger partial charge in [-0.15, -0.1) is 0 Å². The van der Waals surface area contributed by atoms with Gasteiger partial charge in [-0.25, -0.2) is 0 Å². The number of thiocarbonyl (C=S) groups is 1. The van der Waals surface area contributed by atoms with E-state index in [-0.39, 0.29) is 18.0 Å². The zero-order chi connectivity index (χ0) is 24.7. The van der Waals surface area contributed by atoms with Gasteiger partial charge in [-0.3, -0.25) is 4.79 Å². The van der Waals surface area contributed by atoms with Crippen molar-refractivity contribution in [1.82, 2.24) is 16.0 Å². The third-order valence-corrected chi connectivity index (χ3v) is 5.87. The van der Waals surface area contributed by atoms with E-state index in [4.69, 9.17) is 18.0 Å². The van der Waals surface area contributed by atoms with Crippen LogP contribution in [0.3, 0.4) is 0 Å². The first kappa shape index (κ1) is 26.3. The minimum absolute atomic E-state index is 0.0156. The van der Waals surface area contributed by atoms with Crippen molar-refractivity contribution in [3.8, 4) is 0 Å². The van der Waals surface area contributed by atoms with Crippen molar-refractivity contribution in [2.24, 2.45) is 5.73 Å². The van der Waals surface area contributed by atoms with Crippen LogP contribution in [0.1, 0.15) is 24.0 Å². The number of rotatable bonds is 13. The second-order valence-electron chi connectivity index (χ2n) is 8.44. The molecule has 0 aliphatic heterocycles. The molecule has 2 atom stereocenters. The van der Waals surface area contributed by atoms with Gasteiger partial charge in [0.1, 0.15) is 0 Å². The maximum atomic E-state index is 13.1. The summed E-state index contributed by atoms with van der Waals surface area (Å²) in [6.07, 6.45) is 2.18. The fourth-order valence-electron chi connectivity index (χ4n) is 3.81. The molecule has 6 N–H and O–H groups in total. The highest BCUT2D eigenvalue weighted by Crippen LogP contribution is 2.08. The lowest BCUT2D eigenvalue weighted by molar-refractivity contribution is -0.123. The van der Waals surface area contributed by atoms with Gasteiger partial charge in [0.2, 0.25) is 5.91 Å². The van der Waals surface area contributed by atoms with Crippen molar-refractivity contribution in [2.75, 3.05) is 18.4 Å². The molecule has 0 bridgehead atoms. The summed E-state index contributed by atoms with van der Waals surface area (Å²) in [5.41, 5.74) is 8.96. The summed E-state index contributed by atoms with van der Waals surface area (Å²) in [4.78, 5) is 13.1. The molecule has 6 nitrogen and oxygen atoms in total. The van der Waals surface area contributed by atoms with Crippen molar-refractivity contribution >= 4 is 28.9 Å². The Morgan fingerprint density at radius 1 is 0.829 bits per heavy atom.